The topological polar surface area (TPSA) is 62.7 Å². The summed E-state index contributed by atoms with van der Waals surface area (Å²) in [6, 6.07) is 1.98. The Kier molecular flexibility index (Phi) is 4.26. The molecule has 0 spiro atoms. The normalized spacial score (nSPS) is 25.3. The van der Waals surface area contributed by atoms with Gasteiger partial charge in [0, 0.05) is 44.5 Å². The molecule has 1 aromatic rings. The van der Waals surface area contributed by atoms with Gasteiger partial charge in [0.25, 0.3) is 10.2 Å². The molecule has 7 heteroatoms. The van der Waals surface area contributed by atoms with Gasteiger partial charge in [0.15, 0.2) is 0 Å². The fourth-order valence-corrected chi connectivity index (χ4v) is 4.68. The molecule has 2 fully saturated rings. The average molecular weight is 311 g/mol. The van der Waals surface area contributed by atoms with Crippen LogP contribution in [0.3, 0.4) is 0 Å². The van der Waals surface area contributed by atoms with Gasteiger partial charge in [-0.2, -0.15) is 17.0 Å². The molecule has 0 bridgehead atoms. The van der Waals surface area contributed by atoms with Crippen molar-refractivity contribution in [2.24, 2.45) is 0 Å². The van der Waals surface area contributed by atoms with Crippen molar-refractivity contribution in [3.8, 4) is 0 Å². The molecule has 0 radical (unpaired) electrons. The number of nitrogens with zero attached hydrogens (tertiary/aromatic N) is 3. The van der Waals surface area contributed by atoms with E-state index in [0.717, 1.165) is 12.0 Å². The van der Waals surface area contributed by atoms with Crippen molar-refractivity contribution in [3.63, 3.8) is 0 Å². The van der Waals surface area contributed by atoms with E-state index >= 15 is 0 Å². The van der Waals surface area contributed by atoms with Gasteiger partial charge in [-0.15, -0.1) is 0 Å². The SMILES string of the molecule is Cc1ccncc1C1CCN(S(=O)(=O)N2CCOCC2)C1. The zero-order valence-electron chi connectivity index (χ0n) is 12.2. The van der Waals surface area contributed by atoms with E-state index in [2.05, 4.69) is 11.9 Å². The van der Waals surface area contributed by atoms with E-state index in [4.69, 9.17) is 4.74 Å². The fraction of sp³-hybridized carbons (Fsp3) is 0.643. The Bertz CT molecular complexity index is 599. The molecular formula is C14H21N3O3S. The molecule has 2 aliphatic rings. The van der Waals surface area contributed by atoms with E-state index in [1.807, 2.05) is 12.3 Å². The van der Waals surface area contributed by atoms with Crippen LogP contribution >= 0.6 is 0 Å². The largest absolute Gasteiger partial charge is 0.379 e. The molecule has 0 aromatic carbocycles. The van der Waals surface area contributed by atoms with Crippen molar-refractivity contribution >= 4 is 10.2 Å². The summed E-state index contributed by atoms with van der Waals surface area (Å²) in [6.07, 6.45) is 4.50. The van der Waals surface area contributed by atoms with Crippen LogP contribution in [0.25, 0.3) is 0 Å². The lowest BCUT2D eigenvalue weighted by molar-refractivity contribution is 0.0706. The van der Waals surface area contributed by atoms with Crippen LogP contribution in [0.1, 0.15) is 23.5 Å². The molecule has 2 aliphatic heterocycles. The Hall–Kier alpha value is -1.02. The maximum atomic E-state index is 12.6. The summed E-state index contributed by atoms with van der Waals surface area (Å²) in [6.45, 7) is 5.06. The van der Waals surface area contributed by atoms with Crippen molar-refractivity contribution in [1.82, 2.24) is 13.6 Å². The molecule has 0 amide bonds. The number of hydrogen-bond acceptors (Lipinski definition) is 4. The smallest absolute Gasteiger partial charge is 0.282 e. The van der Waals surface area contributed by atoms with Gasteiger partial charge < -0.3 is 4.74 Å². The molecule has 0 N–H and O–H groups in total. The minimum absolute atomic E-state index is 0.245. The molecule has 21 heavy (non-hydrogen) atoms. The van der Waals surface area contributed by atoms with E-state index in [0.29, 0.717) is 39.4 Å². The second-order valence-electron chi connectivity index (χ2n) is 5.60. The monoisotopic (exact) mass is 311 g/mol. The first-order chi connectivity index (χ1) is 10.1. The summed E-state index contributed by atoms with van der Waals surface area (Å²) in [7, 11) is -3.35. The predicted molar refractivity (Wildman–Crippen MR) is 79.2 cm³/mol. The van der Waals surface area contributed by atoms with E-state index in [9.17, 15) is 8.42 Å². The van der Waals surface area contributed by atoms with Crippen LogP contribution in [-0.4, -0.2) is 61.4 Å². The lowest BCUT2D eigenvalue weighted by Gasteiger charge is -2.30. The number of pyridine rings is 1. The summed E-state index contributed by atoms with van der Waals surface area (Å²) >= 11 is 0. The lowest BCUT2D eigenvalue weighted by Crippen LogP contribution is -2.47. The Morgan fingerprint density at radius 1 is 1.24 bits per heavy atom. The van der Waals surface area contributed by atoms with Crippen LogP contribution in [-0.2, 0) is 14.9 Å². The third-order valence-corrected chi connectivity index (χ3v) is 6.29. The Morgan fingerprint density at radius 3 is 2.71 bits per heavy atom. The Morgan fingerprint density at radius 2 is 2.00 bits per heavy atom. The highest BCUT2D eigenvalue weighted by molar-refractivity contribution is 7.86. The van der Waals surface area contributed by atoms with Gasteiger partial charge in [-0.25, -0.2) is 0 Å². The molecule has 1 atom stereocenters. The number of aromatic nitrogens is 1. The quantitative estimate of drug-likeness (QED) is 0.827. The van der Waals surface area contributed by atoms with Crippen LogP contribution < -0.4 is 0 Å². The zero-order valence-corrected chi connectivity index (χ0v) is 13.1. The standard InChI is InChI=1S/C14H21N3O3S/c1-12-2-4-15-10-14(12)13-3-5-17(11-13)21(18,19)16-6-8-20-9-7-16/h2,4,10,13H,3,5-9,11H2,1H3. The highest BCUT2D eigenvalue weighted by Gasteiger charge is 2.37. The molecule has 116 valence electrons. The van der Waals surface area contributed by atoms with Crippen LogP contribution in [0.2, 0.25) is 0 Å². The maximum Gasteiger partial charge on any atom is 0.282 e. The van der Waals surface area contributed by atoms with E-state index in [1.165, 1.54) is 9.87 Å². The first-order valence-corrected chi connectivity index (χ1v) is 8.72. The Labute approximate surface area is 125 Å². The van der Waals surface area contributed by atoms with E-state index in [1.54, 1.807) is 10.5 Å². The van der Waals surface area contributed by atoms with E-state index in [-0.39, 0.29) is 5.92 Å². The third-order valence-electron chi connectivity index (χ3n) is 4.29. The minimum Gasteiger partial charge on any atom is -0.379 e. The number of rotatable bonds is 3. The summed E-state index contributed by atoms with van der Waals surface area (Å²) in [5.74, 6) is 0.245. The van der Waals surface area contributed by atoms with Crippen molar-refractivity contribution in [3.05, 3.63) is 29.6 Å². The lowest BCUT2D eigenvalue weighted by atomic mass is 9.96. The van der Waals surface area contributed by atoms with Gasteiger partial charge in [-0.1, -0.05) is 0 Å². The molecule has 1 aromatic heterocycles. The van der Waals surface area contributed by atoms with Crippen LogP contribution in [0.15, 0.2) is 18.5 Å². The molecule has 1 unspecified atom stereocenters. The third kappa shape index (κ3) is 2.96. The average Bonchev–Trinajstić information content (AvgIpc) is 2.99. The molecule has 0 aliphatic carbocycles. The second-order valence-corrected chi connectivity index (χ2v) is 7.52. The van der Waals surface area contributed by atoms with Crippen molar-refractivity contribution in [2.45, 2.75) is 19.3 Å². The van der Waals surface area contributed by atoms with Crippen LogP contribution in [0.4, 0.5) is 0 Å². The highest BCUT2D eigenvalue weighted by Crippen LogP contribution is 2.31. The first kappa shape index (κ1) is 14.9. The van der Waals surface area contributed by atoms with Gasteiger partial charge >= 0.3 is 0 Å². The molecule has 0 saturated carbocycles. The second kappa shape index (κ2) is 6.00. The molecular weight excluding hydrogens is 290 g/mol. The van der Waals surface area contributed by atoms with Crippen LogP contribution in [0.5, 0.6) is 0 Å². The van der Waals surface area contributed by atoms with Gasteiger partial charge in [0.2, 0.25) is 0 Å². The fourth-order valence-electron chi connectivity index (χ4n) is 3.04. The number of ether oxygens (including phenoxy) is 1. The molecule has 6 nitrogen and oxygen atoms in total. The highest BCUT2D eigenvalue weighted by atomic mass is 32.2. The van der Waals surface area contributed by atoms with Crippen LogP contribution in [0, 0.1) is 6.92 Å². The van der Waals surface area contributed by atoms with E-state index < -0.39 is 10.2 Å². The number of aryl methyl sites for hydroxylation is 1. The zero-order chi connectivity index (χ0) is 14.9. The maximum absolute atomic E-state index is 12.6. The van der Waals surface area contributed by atoms with Gasteiger partial charge in [-0.05, 0) is 30.5 Å². The van der Waals surface area contributed by atoms with Gasteiger partial charge in [0.05, 0.1) is 13.2 Å². The molecule has 2 saturated heterocycles. The van der Waals surface area contributed by atoms with Crippen molar-refractivity contribution < 1.29 is 13.2 Å². The summed E-state index contributed by atoms with van der Waals surface area (Å²) in [5, 5.41) is 0. The number of hydrogen-bond donors (Lipinski definition) is 0. The summed E-state index contributed by atoms with van der Waals surface area (Å²) in [5.41, 5.74) is 2.35. The molecule has 3 rings (SSSR count). The van der Waals surface area contributed by atoms with Gasteiger partial charge in [0.1, 0.15) is 0 Å². The number of morpholine rings is 1. The van der Waals surface area contributed by atoms with Crippen molar-refractivity contribution in [1.29, 1.82) is 0 Å². The predicted octanol–water partition coefficient (Wildman–Crippen LogP) is 0.756. The first-order valence-electron chi connectivity index (χ1n) is 7.32. The van der Waals surface area contributed by atoms with Gasteiger partial charge in [-0.3, -0.25) is 4.98 Å². The molecule has 3 heterocycles. The summed E-state index contributed by atoms with van der Waals surface area (Å²) in [4.78, 5) is 4.17. The minimum atomic E-state index is -3.35. The van der Waals surface area contributed by atoms with Crippen molar-refractivity contribution in [2.75, 3.05) is 39.4 Å². The summed E-state index contributed by atoms with van der Waals surface area (Å²) < 4.78 is 33.6. The Balaban J connectivity index is 1.73.